The summed E-state index contributed by atoms with van der Waals surface area (Å²) in [6.45, 7) is 3.39. The van der Waals surface area contributed by atoms with Crippen molar-refractivity contribution in [2.75, 3.05) is 27.2 Å². The Bertz CT molecular complexity index is 600. The van der Waals surface area contributed by atoms with Gasteiger partial charge < -0.3 is 15.5 Å². The fraction of sp³-hybridized carbons (Fsp3) is 0.438. The van der Waals surface area contributed by atoms with Gasteiger partial charge in [-0.15, -0.1) is 0 Å². The molecule has 2 rings (SSSR count). The third-order valence-electron chi connectivity index (χ3n) is 4.16. The highest BCUT2D eigenvalue weighted by Crippen LogP contribution is 2.04. The molecule has 7 nitrogen and oxygen atoms in total. The number of hydrogen-bond donors (Lipinski definition) is 3. The van der Waals surface area contributed by atoms with E-state index < -0.39 is 0 Å². The molecule has 23 heavy (non-hydrogen) atoms. The van der Waals surface area contributed by atoms with Gasteiger partial charge in [-0.2, -0.15) is 0 Å². The van der Waals surface area contributed by atoms with Gasteiger partial charge in [-0.1, -0.05) is 12.1 Å². The number of nitrogens with one attached hydrogen (secondary N) is 3. The first kappa shape index (κ1) is 17.0. The molecule has 0 aliphatic carbocycles. The normalized spacial score (nSPS) is 16.7. The molecule has 3 N–H and O–H groups in total. The van der Waals surface area contributed by atoms with Gasteiger partial charge in [-0.25, -0.2) is 4.79 Å². The van der Waals surface area contributed by atoms with Gasteiger partial charge in [0.25, 0.3) is 11.8 Å². The molecule has 1 aromatic carbocycles. The Balaban J connectivity index is 1.97. The summed E-state index contributed by atoms with van der Waals surface area (Å²) in [6, 6.07) is 6.66. The number of carbonyl (C=O) groups is 3. The maximum atomic E-state index is 12.4. The number of rotatable bonds is 5. The molecule has 1 aliphatic rings. The number of amides is 4. The van der Waals surface area contributed by atoms with Gasteiger partial charge in [-0.3, -0.25) is 14.5 Å². The number of urea groups is 1. The van der Waals surface area contributed by atoms with E-state index in [0.717, 1.165) is 10.5 Å². The Morgan fingerprint density at radius 1 is 1.35 bits per heavy atom. The van der Waals surface area contributed by atoms with E-state index in [9.17, 15) is 14.4 Å². The van der Waals surface area contributed by atoms with Gasteiger partial charge in [0.1, 0.15) is 6.54 Å². The highest BCUT2D eigenvalue weighted by molar-refractivity contribution is 5.97. The van der Waals surface area contributed by atoms with Crippen molar-refractivity contribution in [2.45, 2.75) is 19.5 Å². The van der Waals surface area contributed by atoms with Crippen LogP contribution < -0.4 is 15.5 Å². The number of quaternary nitrogens is 1. The number of carbonyl (C=O) groups excluding carboxylic acids is 3. The minimum absolute atomic E-state index is 0.124. The third kappa shape index (κ3) is 3.87. The van der Waals surface area contributed by atoms with Gasteiger partial charge in [0.2, 0.25) is 0 Å². The Morgan fingerprint density at radius 3 is 2.52 bits per heavy atom. The number of nitrogens with zero attached hydrogens (tertiary/aromatic N) is 1. The van der Waals surface area contributed by atoms with Gasteiger partial charge in [-0.05, 0) is 19.1 Å². The molecule has 1 heterocycles. The second-order valence-electron chi connectivity index (χ2n) is 5.74. The first-order valence-electron chi connectivity index (χ1n) is 7.66. The zero-order chi connectivity index (χ0) is 17.0. The zero-order valence-corrected chi connectivity index (χ0v) is 13.7. The van der Waals surface area contributed by atoms with Gasteiger partial charge in [0.15, 0.2) is 6.04 Å². The fourth-order valence-corrected chi connectivity index (χ4v) is 2.52. The van der Waals surface area contributed by atoms with Crippen LogP contribution in [-0.2, 0) is 11.3 Å². The first-order chi connectivity index (χ1) is 10.9. The van der Waals surface area contributed by atoms with E-state index in [4.69, 9.17) is 0 Å². The van der Waals surface area contributed by atoms with Crippen molar-refractivity contribution in [3.63, 3.8) is 0 Å². The average molecular weight is 319 g/mol. The van der Waals surface area contributed by atoms with Crippen LogP contribution in [0.15, 0.2) is 24.3 Å². The lowest BCUT2D eigenvalue weighted by Gasteiger charge is -2.24. The summed E-state index contributed by atoms with van der Waals surface area (Å²) in [5.74, 6) is -0.291. The van der Waals surface area contributed by atoms with E-state index >= 15 is 0 Å². The maximum Gasteiger partial charge on any atom is 0.324 e. The predicted octanol–water partition coefficient (Wildman–Crippen LogP) is -0.999. The second kappa shape index (κ2) is 7.23. The van der Waals surface area contributed by atoms with Gasteiger partial charge in [0, 0.05) is 31.3 Å². The molecule has 0 radical (unpaired) electrons. The summed E-state index contributed by atoms with van der Waals surface area (Å²) >= 11 is 0. The minimum Gasteiger partial charge on any atom is -0.355 e. The maximum absolute atomic E-state index is 12.4. The molecule has 1 aliphatic heterocycles. The molecule has 2 atom stereocenters. The topological polar surface area (TPSA) is 82.9 Å². The Morgan fingerprint density at radius 2 is 2.00 bits per heavy atom. The monoisotopic (exact) mass is 319 g/mol. The summed E-state index contributed by atoms with van der Waals surface area (Å²) in [4.78, 5) is 37.7. The van der Waals surface area contributed by atoms with Crippen LogP contribution in [0.1, 0.15) is 22.8 Å². The minimum atomic E-state index is -0.322. The standard InChI is InChI=1S/C16H22N4O3/c1-11(15(22)20-9-8-18-16(20)23)19(3)10-12-4-6-13(7-5-12)14(21)17-2/h4-7,11H,8-10H2,1-3H3,(H,17,21)(H,18,23)/p+1/t11-/m0/s1. The van der Waals surface area contributed by atoms with E-state index in [0.29, 0.717) is 25.2 Å². The molecule has 1 aromatic rings. The number of benzene rings is 1. The highest BCUT2D eigenvalue weighted by Gasteiger charge is 2.33. The van der Waals surface area contributed by atoms with Crippen LogP contribution in [0.25, 0.3) is 0 Å². The van der Waals surface area contributed by atoms with Crippen LogP contribution in [0.4, 0.5) is 4.79 Å². The van der Waals surface area contributed by atoms with Crippen molar-refractivity contribution in [1.82, 2.24) is 15.5 Å². The van der Waals surface area contributed by atoms with Crippen molar-refractivity contribution in [2.24, 2.45) is 0 Å². The lowest BCUT2D eigenvalue weighted by molar-refractivity contribution is -0.908. The van der Waals surface area contributed by atoms with Crippen molar-refractivity contribution in [3.8, 4) is 0 Å². The quantitative estimate of drug-likeness (QED) is 0.651. The summed E-state index contributed by atoms with van der Waals surface area (Å²) in [5, 5.41) is 5.21. The molecule has 0 spiro atoms. The molecule has 1 unspecified atom stereocenters. The van der Waals surface area contributed by atoms with Crippen LogP contribution in [0.5, 0.6) is 0 Å². The lowest BCUT2D eigenvalue weighted by atomic mass is 10.1. The summed E-state index contributed by atoms with van der Waals surface area (Å²) in [7, 11) is 3.51. The van der Waals surface area contributed by atoms with E-state index in [1.807, 2.05) is 26.1 Å². The second-order valence-corrected chi connectivity index (χ2v) is 5.74. The molecular formula is C16H23N4O3+. The van der Waals surface area contributed by atoms with Crippen LogP contribution in [0, 0.1) is 0 Å². The largest absolute Gasteiger partial charge is 0.355 e. The Hall–Kier alpha value is -2.41. The molecule has 0 bridgehead atoms. The van der Waals surface area contributed by atoms with Crippen molar-refractivity contribution < 1.29 is 19.3 Å². The highest BCUT2D eigenvalue weighted by atomic mass is 16.2. The summed E-state index contributed by atoms with van der Waals surface area (Å²) < 4.78 is 0. The van der Waals surface area contributed by atoms with Gasteiger partial charge >= 0.3 is 6.03 Å². The van der Waals surface area contributed by atoms with Crippen LogP contribution >= 0.6 is 0 Å². The van der Waals surface area contributed by atoms with Crippen LogP contribution in [0.2, 0.25) is 0 Å². The zero-order valence-electron chi connectivity index (χ0n) is 13.7. The van der Waals surface area contributed by atoms with E-state index in [2.05, 4.69) is 10.6 Å². The molecule has 7 heteroatoms. The van der Waals surface area contributed by atoms with Crippen molar-refractivity contribution in [3.05, 3.63) is 35.4 Å². The molecular weight excluding hydrogens is 296 g/mol. The van der Waals surface area contributed by atoms with Crippen LogP contribution in [0.3, 0.4) is 0 Å². The molecule has 124 valence electrons. The van der Waals surface area contributed by atoms with E-state index in [1.165, 1.54) is 4.90 Å². The summed E-state index contributed by atoms with van der Waals surface area (Å²) in [6.07, 6.45) is 0. The first-order valence-corrected chi connectivity index (χ1v) is 7.66. The smallest absolute Gasteiger partial charge is 0.324 e. The van der Waals surface area contributed by atoms with Crippen LogP contribution in [-0.4, -0.2) is 56.0 Å². The third-order valence-corrected chi connectivity index (χ3v) is 4.16. The van der Waals surface area contributed by atoms with Gasteiger partial charge in [0.05, 0.1) is 7.05 Å². The SMILES string of the molecule is CNC(=O)c1ccc(C[NH+](C)[C@@H](C)C(=O)N2CCNC2=O)cc1. The van der Waals surface area contributed by atoms with Crippen molar-refractivity contribution in [1.29, 1.82) is 0 Å². The van der Waals surface area contributed by atoms with E-state index in [-0.39, 0.29) is 23.9 Å². The fourth-order valence-electron chi connectivity index (χ4n) is 2.52. The summed E-state index contributed by atoms with van der Waals surface area (Å²) in [5.41, 5.74) is 1.63. The average Bonchev–Trinajstić information content (AvgIpc) is 2.99. The molecule has 1 fully saturated rings. The number of likely N-dealkylation sites (N-methyl/N-ethyl adjacent to an activating group) is 1. The molecule has 0 aromatic heterocycles. The number of imide groups is 1. The number of hydrogen-bond acceptors (Lipinski definition) is 3. The van der Waals surface area contributed by atoms with E-state index in [1.54, 1.807) is 19.2 Å². The Labute approximate surface area is 135 Å². The van der Waals surface area contributed by atoms with Crippen molar-refractivity contribution >= 4 is 17.8 Å². The lowest BCUT2D eigenvalue weighted by Crippen LogP contribution is -3.12. The molecule has 1 saturated heterocycles. The Kier molecular flexibility index (Phi) is 5.33. The molecule has 4 amide bonds. The predicted molar refractivity (Wildman–Crippen MR) is 85.0 cm³/mol. The molecule has 0 saturated carbocycles.